The molecular formula is C17H14ClNO2. The van der Waals surface area contributed by atoms with Crippen LogP contribution in [-0.4, -0.2) is 5.97 Å². The molecule has 1 unspecified atom stereocenters. The van der Waals surface area contributed by atoms with Crippen LogP contribution >= 0.6 is 11.6 Å². The van der Waals surface area contributed by atoms with Crippen LogP contribution < -0.4 is 5.32 Å². The van der Waals surface area contributed by atoms with Crippen LogP contribution in [0.3, 0.4) is 0 Å². The Morgan fingerprint density at radius 2 is 1.71 bits per heavy atom. The lowest BCUT2D eigenvalue weighted by atomic mass is 10.1. The van der Waals surface area contributed by atoms with Gasteiger partial charge in [-0.2, -0.15) is 0 Å². The molecule has 0 radical (unpaired) electrons. The monoisotopic (exact) mass is 299 g/mol. The molecule has 2 aromatic rings. The first-order valence-corrected chi connectivity index (χ1v) is 7.01. The zero-order valence-electron chi connectivity index (χ0n) is 11.5. The SMILES string of the molecule is Cc1ccc(C2C=C(Nc3ccc(Cl)cc3)C(=O)O2)cc1. The van der Waals surface area contributed by atoms with Gasteiger partial charge >= 0.3 is 5.97 Å². The van der Waals surface area contributed by atoms with Crippen LogP contribution in [0.25, 0.3) is 0 Å². The van der Waals surface area contributed by atoms with Gasteiger partial charge in [0.05, 0.1) is 0 Å². The van der Waals surface area contributed by atoms with Crippen molar-refractivity contribution < 1.29 is 9.53 Å². The van der Waals surface area contributed by atoms with Gasteiger partial charge in [0.1, 0.15) is 11.8 Å². The van der Waals surface area contributed by atoms with Gasteiger partial charge in [0.2, 0.25) is 0 Å². The number of carbonyl (C=O) groups is 1. The van der Waals surface area contributed by atoms with Crippen LogP contribution in [0.1, 0.15) is 17.2 Å². The summed E-state index contributed by atoms with van der Waals surface area (Å²) >= 11 is 5.84. The molecule has 1 aliphatic rings. The van der Waals surface area contributed by atoms with Gasteiger partial charge in [0.15, 0.2) is 0 Å². The minimum absolute atomic E-state index is 0.340. The Hall–Kier alpha value is -2.26. The molecule has 0 amide bonds. The summed E-state index contributed by atoms with van der Waals surface area (Å²) in [6.07, 6.45) is 1.45. The molecule has 1 heterocycles. The Balaban J connectivity index is 1.79. The summed E-state index contributed by atoms with van der Waals surface area (Å²) < 4.78 is 5.38. The molecule has 1 atom stereocenters. The van der Waals surface area contributed by atoms with Crippen molar-refractivity contribution in [2.24, 2.45) is 0 Å². The van der Waals surface area contributed by atoms with Crippen molar-refractivity contribution in [3.8, 4) is 0 Å². The lowest BCUT2D eigenvalue weighted by Gasteiger charge is -2.08. The maximum absolute atomic E-state index is 11.9. The zero-order chi connectivity index (χ0) is 14.8. The summed E-state index contributed by atoms with van der Waals surface area (Å²) in [7, 11) is 0. The number of nitrogens with one attached hydrogen (secondary N) is 1. The average molecular weight is 300 g/mol. The number of cyclic esters (lactones) is 1. The molecule has 0 aromatic heterocycles. The highest BCUT2D eigenvalue weighted by Crippen LogP contribution is 2.28. The van der Waals surface area contributed by atoms with Crippen LogP contribution in [0, 0.1) is 6.92 Å². The molecule has 21 heavy (non-hydrogen) atoms. The topological polar surface area (TPSA) is 38.3 Å². The van der Waals surface area contributed by atoms with Crippen LogP contribution in [0.5, 0.6) is 0 Å². The number of benzene rings is 2. The van der Waals surface area contributed by atoms with E-state index in [-0.39, 0.29) is 12.1 Å². The molecule has 0 saturated carbocycles. The Kier molecular flexibility index (Phi) is 3.67. The summed E-state index contributed by atoms with van der Waals surface area (Å²) in [4.78, 5) is 11.9. The van der Waals surface area contributed by atoms with E-state index in [2.05, 4.69) is 5.32 Å². The first kappa shape index (κ1) is 13.7. The van der Waals surface area contributed by atoms with E-state index in [0.29, 0.717) is 10.7 Å². The van der Waals surface area contributed by atoms with Gasteiger partial charge < -0.3 is 10.1 Å². The Morgan fingerprint density at radius 3 is 2.38 bits per heavy atom. The maximum atomic E-state index is 11.9. The first-order valence-electron chi connectivity index (χ1n) is 6.64. The molecule has 0 saturated heterocycles. The van der Waals surface area contributed by atoms with Gasteiger partial charge in [-0.3, -0.25) is 0 Å². The fraction of sp³-hybridized carbons (Fsp3) is 0.118. The number of esters is 1. The highest BCUT2D eigenvalue weighted by atomic mass is 35.5. The first-order chi connectivity index (χ1) is 10.1. The molecular weight excluding hydrogens is 286 g/mol. The van der Waals surface area contributed by atoms with Crippen LogP contribution in [0.15, 0.2) is 60.3 Å². The molecule has 0 aliphatic carbocycles. The number of halogens is 1. The average Bonchev–Trinajstić information content (AvgIpc) is 2.83. The highest BCUT2D eigenvalue weighted by Gasteiger charge is 2.26. The van der Waals surface area contributed by atoms with E-state index in [1.807, 2.05) is 43.3 Å². The second-order valence-electron chi connectivity index (χ2n) is 4.95. The van der Waals surface area contributed by atoms with E-state index in [9.17, 15) is 4.79 Å². The minimum atomic E-state index is -0.351. The van der Waals surface area contributed by atoms with Gasteiger partial charge in [-0.15, -0.1) is 0 Å². The third-order valence-electron chi connectivity index (χ3n) is 3.30. The van der Waals surface area contributed by atoms with Crippen molar-refractivity contribution >= 4 is 23.3 Å². The lowest BCUT2D eigenvalue weighted by molar-refractivity contribution is -0.139. The van der Waals surface area contributed by atoms with Crippen LogP contribution in [0.2, 0.25) is 5.02 Å². The second kappa shape index (κ2) is 5.62. The van der Waals surface area contributed by atoms with Crippen molar-refractivity contribution in [2.75, 3.05) is 5.32 Å². The summed E-state index contributed by atoms with van der Waals surface area (Å²) in [5.74, 6) is -0.351. The van der Waals surface area contributed by atoms with E-state index in [0.717, 1.165) is 11.3 Å². The quantitative estimate of drug-likeness (QED) is 0.861. The smallest absolute Gasteiger partial charge is 0.355 e. The van der Waals surface area contributed by atoms with Gasteiger partial charge in [0.25, 0.3) is 0 Å². The fourth-order valence-corrected chi connectivity index (χ4v) is 2.26. The Labute approximate surface area is 128 Å². The molecule has 0 spiro atoms. The molecule has 0 fully saturated rings. The van der Waals surface area contributed by atoms with Gasteiger partial charge in [-0.1, -0.05) is 41.4 Å². The molecule has 3 rings (SSSR count). The lowest BCUT2D eigenvalue weighted by Crippen LogP contribution is -2.08. The molecule has 2 aromatic carbocycles. The van der Waals surface area contributed by atoms with Crippen molar-refractivity contribution in [3.05, 3.63) is 76.5 Å². The summed E-state index contributed by atoms with van der Waals surface area (Å²) in [5.41, 5.74) is 3.38. The number of anilines is 1. The number of carbonyl (C=O) groups excluding carboxylic acids is 1. The number of ether oxygens (including phenoxy) is 1. The minimum Gasteiger partial charge on any atom is -0.448 e. The van der Waals surface area contributed by atoms with Gasteiger partial charge in [0, 0.05) is 10.7 Å². The second-order valence-corrected chi connectivity index (χ2v) is 5.39. The largest absolute Gasteiger partial charge is 0.448 e. The molecule has 4 heteroatoms. The van der Waals surface area contributed by atoms with Crippen molar-refractivity contribution in [1.29, 1.82) is 0 Å². The molecule has 0 bridgehead atoms. The predicted molar refractivity (Wildman–Crippen MR) is 83.2 cm³/mol. The van der Waals surface area contributed by atoms with Crippen molar-refractivity contribution in [3.63, 3.8) is 0 Å². The van der Waals surface area contributed by atoms with E-state index < -0.39 is 0 Å². The van der Waals surface area contributed by atoms with Gasteiger partial charge in [-0.25, -0.2) is 4.79 Å². The standard InChI is InChI=1S/C17H14ClNO2/c1-11-2-4-12(5-3-11)16-10-15(17(20)21-16)19-14-8-6-13(18)7-9-14/h2-10,16,19H,1H3. The number of hydrogen-bond donors (Lipinski definition) is 1. The highest BCUT2D eigenvalue weighted by molar-refractivity contribution is 6.30. The number of rotatable bonds is 3. The van der Waals surface area contributed by atoms with Crippen LogP contribution in [0.4, 0.5) is 5.69 Å². The van der Waals surface area contributed by atoms with Crippen molar-refractivity contribution in [2.45, 2.75) is 13.0 Å². The van der Waals surface area contributed by atoms with Crippen molar-refractivity contribution in [1.82, 2.24) is 0 Å². The summed E-state index contributed by atoms with van der Waals surface area (Å²) in [5, 5.41) is 3.71. The predicted octanol–water partition coefficient (Wildman–Crippen LogP) is 4.24. The van der Waals surface area contributed by atoms with E-state index in [4.69, 9.17) is 16.3 Å². The Morgan fingerprint density at radius 1 is 1.05 bits per heavy atom. The molecule has 3 nitrogen and oxygen atoms in total. The third-order valence-corrected chi connectivity index (χ3v) is 3.55. The summed E-state index contributed by atoms with van der Waals surface area (Å²) in [6.45, 7) is 2.02. The van der Waals surface area contributed by atoms with E-state index >= 15 is 0 Å². The maximum Gasteiger partial charge on any atom is 0.355 e. The summed E-state index contributed by atoms with van der Waals surface area (Å²) in [6, 6.07) is 15.1. The number of aryl methyl sites for hydroxylation is 1. The normalized spacial score (nSPS) is 17.3. The number of hydrogen-bond acceptors (Lipinski definition) is 3. The molecule has 106 valence electrons. The van der Waals surface area contributed by atoms with Crippen LogP contribution in [-0.2, 0) is 9.53 Å². The fourth-order valence-electron chi connectivity index (χ4n) is 2.13. The van der Waals surface area contributed by atoms with E-state index in [1.54, 1.807) is 18.2 Å². The Bertz CT molecular complexity index is 690. The van der Waals surface area contributed by atoms with Gasteiger partial charge in [-0.05, 0) is 42.8 Å². The third kappa shape index (κ3) is 3.09. The molecule has 1 N–H and O–H groups in total. The molecule has 1 aliphatic heterocycles. The van der Waals surface area contributed by atoms with E-state index in [1.165, 1.54) is 5.56 Å². The zero-order valence-corrected chi connectivity index (χ0v) is 12.2.